The van der Waals surface area contributed by atoms with Gasteiger partial charge in [0.2, 0.25) is 0 Å². The third-order valence-corrected chi connectivity index (χ3v) is 4.75. The van der Waals surface area contributed by atoms with E-state index in [2.05, 4.69) is 36.1 Å². The van der Waals surface area contributed by atoms with Crippen LogP contribution in [0.25, 0.3) is 0 Å². The molecule has 3 heterocycles. The molecule has 5 heteroatoms. The molecule has 1 aromatic rings. The first kappa shape index (κ1) is 12.0. The molecule has 0 unspecified atom stereocenters. The van der Waals surface area contributed by atoms with Gasteiger partial charge in [-0.3, -0.25) is 4.99 Å². The van der Waals surface area contributed by atoms with Gasteiger partial charge in [-0.05, 0) is 19.4 Å². The molecule has 4 nitrogen and oxygen atoms in total. The van der Waals surface area contributed by atoms with E-state index in [9.17, 15) is 0 Å². The molecule has 0 bridgehead atoms. The second-order valence-corrected chi connectivity index (χ2v) is 6.67. The SMILES string of the molecule is CN=C1Nc2sc3c(c2CN1C)CC(C)(C)OC3. The number of hydrogen-bond donors (Lipinski definition) is 1. The topological polar surface area (TPSA) is 36.9 Å². The highest BCUT2D eigenvalue weighted by atomic mass is 32.1. The molecule has 1 aromatic heterocycles. The highest BCUT2D eigenvalue weighted by Crippen LogP contribution is 2.42. The molecule has 0 saturated heterocycles. The van der Waals surface area contributed by atoms with Gasteiger partial charge in [0.1, 0.15) is 5.00 Å². The van der Waals surface area contributed by atoms with Crippen LogP contribution in [0, 0.1) is 0 Å². The van der Waals surface area contributed by atoms with Crippen LogP contribution in [0.1, 0.15) is 29.9 Å². The number of nitrogens with zero attached hydrogens (tertiary/aromatic N) is 2. The third-order valence-electron chi connectivity index (χ3n) is 3.59. The monoisotopic (exact) mass is 265 g/mol. The summed E-state index contributed by atoms with van der Waals surface area (Å²) < 4.78 is 5.89. The van der Waals surface area contributed by atoms with Crippen molar-refractivity contribution in [3.63, 3.8) is 0 Å². The zero-order valence-electron chi connectivity index (χ0n) is 11.3. The smallest absolute Gasteiger partial charge is 0.198 e. The summed E-state index contributed by atoms with van der Waals surface area (Å²) in [4.78, 5) is 7.81. The van der Waals surface area contributed by atoms with Gasteiger partial charge in [-0.1, -0.05) is 0 Å². The Morgan fingerprint density at radius 1 is 1.39 bits per heavy atom. The lowest BCUT2D eigenvalue weighted by molar-refractivity contribution is -0.0385. The Morgan fingerprint density at radius 3 is 2.89 bits per heavy atom. The summed E-state index contributed by atoms with van der Waals surface area (Å²) in [6, 6.07) is 0. The molecule has 0 aliphatic carbocycles. The molecule has 1 N–H and O–H groups in total. The van der Waals surface area contributed by atoms with Crippen molar-refractivity contribution < 1.29 is 4.74 Å². The molecule has 2 aliphatic rings. The Kier molecular flexibility index (Phi) is 2.64. The molecule has 0 spiro atoms. The van der Waals surface area contributed by atoms with Crippen LogP contribution >= 0.6 is 11.3 Å². The summed E-state index contributed by atoms with van der Waals surface area (Å²) in [5, 5.41) is 4.67. The Hall–Kier alpha value is -1.07. The Morgan fingerprint density at radius 2 is 2.17 bits per heavy atom. The van der Waals surface area contributed by atoms with Gasteiger partial charge in [0.15, 0.2) is 5.96 Å². The van der Waals surface area contributed by atoms with Crippen molar-refractivity contribution in [3.05, 3.63) is 16.0 Å². The van der Waals surface area contributed by atoms with E-state index in [0.717, 1.165) is 25.5 Å². The van der Waals surface area contributed by atoms with Crippen molar-refractivity contribution in [2.45, 2.75) is 39.0 Å². The summed E-state index contributed by atoms with van der Waals surface area (Å²) in [7, 11) is 3.90. The first-order chi connectivity index (χ1) is 8.50. The zero-order chi connectivity index (χ0) is 12.9. The Balaban J connectivity index is 2.02. The highest BCUT2D eigenvalue weighted by molar-refractivity contribution is 7.16. The van der Waals surface area contributed by atoms with E-state index in [1.165, 1.54) is 21.0 Å². The average molecular weight is 265 g/mol. The quantitative estimate of drug-likeness (QED) is 0.783. The molecule has 0 saturated carbocycles. The van der Waals surface area contributed by atoms with Crippen LogP contribution in [-0.2, 0) is 24.3 Å². The third kappa shape index (κ3) is 1.82. The van der Waals surface area contributed by atoms with Crippen LogP contribution in [0.4, 0.5) is 5.00 Å². The number of thiophene rings is 1. The van der Waals surface area contributed by atoms with Gasteiger partial charge in [-0.2, -0.15) is 0 Å². The van der Waals surface area contributed by atoms with Crippen molar-refractivity contribution in [3.8, 4) is 0 Å². The lowest BCUT2D eigenvalue weighted by atomic mass is 9.92. The van der Waals surface area contributed by atoms with Gasteiger partial charge in [0.25, 0.3) is 0 Å². The molecule has 3 rings (SSSR count). The van der Waals surface area contributed by atoms with Crippen LogP contribution in [0.5, 0.6) is 0 Å². The van der Waals surface area contributed by atoms with Gasteiger partial charge in [-0.25, -0.2) is 0 Å². The maximum absolute atomic E-state index is 5.89. The van der Waals surface area contributed by atoms with Crippen LogP contribution in [0.3, 0.4) is 0 Å². The number of hydrogen-bond acceptors (Lipinski definition) is 3. The lowest BCUT2D eigenvalue weighted by Crippen LogP contribution is -2.37. The van der Waals surface area contributed by atoms with Crippen molar-refractivity contribution in [2.24, 2.45) is 4.99 Å². The molecule has 2 aliphatic heterocycles. The summed E-state index contributed by atoms with van der Waals surface area (Å²) >= 11 is 1.82. The molecule has 18 heavy (non-hydrogen) atoms. The number of aliphatic imine (C=N–C) groups is 1. The van der Waals surface area contributed by atoms with E-state index in [1.54, 1.807) is 0 Å². The number of nitrogens with one attached hydrogen (secondary N) is 1. The first-order valence-electron chi connectivity index (χ1n) is 6.22. The lowest BCUT2D eigenvalue weighted by Gasteiger charge is -2.32. The largest absolute Gasteiger partial charge is 0.370 e. The predicted octanol–water partition coefficient (Wildman–Crippen LogP) is 2.44. The number of rotatable bonds is 0. The van der Waals surface area contributed by atoms with Crippen molar-refractivity contribution >= 4 is 22.3 Å². The molecule has 0 aromatic carbocycles. The molecule has 0 fully saturated rings. The van der Waals surface area contributed by atoms with Crippen LogP contribution < -0.4 is 5.32 Å². The maximum Gasteiger partial charge on any atom is 0.198 e. The zero-order valence-corrected chi connectivity index (χ0v) is 12.1. The number of anilines is 1. The van der Waals surface area contributed by atoms with Gasteiger partial charge in [0.05, 0.1) is 12.2 Å². The molecule has 98 valence electrons. The van der Waals surface area contributed by atoms with E-state index in [0.29, 0.717) is 0 Å². The fourth-order valence-corrected chi connectivity index (χ4v) is 3.75. The van der Waals surface area contributed by atoms with Crippen LogP contribution in [0.15, 0.2) is 4.99 Å². The Bertz CT molecular complexity index is 519. The van der Waals surface area contributed by atoms with Crippen molar-refractivity contribution in [1.29, 1.82) is 0 Å². The molecule has 0 radical (unpaired) electrons. The second-order valence-electron chi connectivity index (χ2n) is 5.56. The first-order valence-corrected chi connectivity index (χ1v) is 7.04. The van der Waals surface area contributed by atoms with E-state index in [4.69, 9.17) is 4.74 Å². The molecule has 0 atom stereocenters. The highest BCUT2D eigenvalue weighted by Gasteiger charge is 2.33. The normalized spacial score (nSPS) is 23.6. The summed E-state index contributed by atoms with van der Waals surface area (Å²) in [5.41, 5.74) is 2.88. The van der Waals surface area contributed by atoms with E-state index >= 15 is 0 Å². The summed E-state index contributed by atoms with van der Waals surface area (Å²) in [6.45, 7) is 6.01. The van der Waals surface area contributed by atoms with Gasteiger partial charge < -0.3 is 15.0 Å². The fraction of sp³-hybridized carbons (Fsp3) is 0.615. The maximum atomic E-state index is 5.89. The number of guanidine groups is 1. The summed E-state index contributed by atoms with van der Waals surface area (Å²) in [6.07, 6.45) is 1.00. The van der Waals surface area contributed by atoms with E-state index in [1.807, 2.05) is 18.4 Å². The van der Waals surface area contributed by atoms with E-state index < -0.39 is 0 Å². The predicted molar refractivity (Wildman–Crippen MR) is 75.3 cm³/mol. The van der Waals surface area contributed by atoms with Crippen LogP contribution in [0.2, 0.25) is 0 Å². The van der Waals surface area contributed by atoms with Crippen molar-refractivity contribution in [1.82, 2.24) is 4.90 Å². The summed E-state index contributed by atoms with van der Waals surface area (Å²) in [5.74, 6) is 0.946. The standard InChI is InChI=1S/C13H19N3OS/c1-13(2)5-8-9-6-16(4)12(14-3)15-11(9)18-10(8)7-17-13/h5-7H2,1-4H3,(H,14,15). The van der Waals surface area contributed by atoms with Crippen LogP contribution in [-0.4, -0.2) is 30.6 Å². The minimum Gasteiger partial charge on any atom is -0.370 e. The minimum absolute atomic E-state index is 0.0421. The number of fused-ring (bicyclic) bond motifs is 3. The Labute approximate surface area is 112 Å². The average Bonchev–Trinajstić information content (AvgIpc) is 2.64. The van der Waals surface area contributed by atoms with Gasteiger partial charge in [0, 0.05) is 37.5 Å². The van der Waals surface area contributed by atoms with E-state index in [-0.39, 0.29) is 5.60 Å². The fourth-order valence-electron chi connectivity index (χ4n) is 2.62. The molecular weight excluding hydrogens is 246 g/mol. The second kappa shape index (κ2) is 3.96. The van der Waals surface area contributed by atoms with Gasteiger partial charge >= 0.3 is 0 Å². The van der Waals surface area contributed by atoms with Gasteiger partial charge in [-0.15, -0.1) is 11.3 Å². The molecule has 0 amide bonds. The molecular formula is C13H19N3OS. The number of ether oxygens (including phenoxy) is 1. The van der Waals surface area contributed by atoms with Crippen molar-refractivity contribution in [2.75, 3.05) is 19.4 Å². The minimum atomic E-state index is -0.0421.